The van der Waals surface area contributed by atoms with E-state index in [1.54, 1.807) is 49.8 Å². The highest BCUT2D eigenvalue weighted by Gasteiger charge is 2.20. The van der Waals surface area contributed by atoms with E-state index in [1.165, 1.54) is 4.88 Å². The first-order valence-corrected chi connectivity index (χ1v) is 9.84. The summed E-state index contributed by atoms with van der Waals surface area (Å²) < 4.78 is 10.6. The number of aromatic amines is 1. The molecule has 0 spiro atoms. The normalized spacial score (nSPS) is 13.8. The number of ether oxygens (including phenoxy) is 2. The molecule has 0 unspecified atom stereocenters. The minimum atomic E-state index is -0.177. The molecule has 0 saturated heterocycles. The molecule has 0 amide bonds. The van der Waals surface area contributed by atoms with Crippen LogP contribution in [-0.4, -0.2) is 24.2 Å². The number of hydrogen-bond acceptors (Lipinski definition) is 6. The molecule has 0 saturated carbocycles. The number of methoxy groups -OCH3 is 2. The van der Waals surface area contributed by atoms with Crippen molar-refractivity contribution < 1.29 is 9.47 Å². The molecule has 142 valence electrons. The Bertz CT molecular complexity index is 1160. The number of allylic oxidation sites excluding steroid dienone is 1. The van der Waals surface area contributed by atoms with E-state index in [-0.39, 0.29) is 17.0 Å². The van der Waals surface area contributed by atoms with Crippen LogP contribution in [-0.2, 0) is 12.8 Å². The van der Waals surface area contributed by atoms with Crippen LogP contribution in [0.5, 0.6) is 11.5 Å². The van der Waals surface area contributed by atoms with Gasteiger partial charge in [-0.15, -0.1) is 11.3 Å². The number of hydrogen-bond donors (Lipinski definition) is 1. The predicted molar refractivity (Wildman–Crippen MR) is 110 cm³/mol. The van der Waals surface area contributed by atoms with Crippen molar-refractivity contribution in [1.29, 1.82) is 5.26 Å². The Morgan fingerprint density at radius 2 is 1.93 bits per heavy atom. The van der Waals surface area contributed by atoms with Gasteiger partial charge in [-0.05, 0) is 55.0 Å². The molecule has 0 atom stereocenters. The number of benzene rings is 1. The lowest BCUT2D eigenvalue weighted by Gasteiger charge is -2.09. The smallest absolute Gasteiger partial charge is 0.260 e. The fourth-order valence-corrected chi connectivity index (χ4v) is 4.79. The predicted octanol–water partition coefficient (Wildman–Crippen LogP) is 3.94. The number of nitrogens with one attached hydrogen (secondary N) is 1. The number of rotatable bonds is 4. The van der Waals surface area contributed by atoms with Crippen LogP contribution in [0, 0.1) is 11.3 Å². The third-order valence-corrected chi connectivity index (χ3v) is 6.07. The minimum absolute atomic E-state index is 0.177. The summed E-state index contributed by atoms with van der Waals surface area (Å²) in [6.45, 7) is 0. The van der Waals surface area contributed by atoms with Crippen LogP contribution in [0.3, 0.4) is 0 Å². The lowest BCUT2D eigenvalue weighted by Crippen LogP contribution is -2.12. The van der Waals surface area contributed by atoms with Gasteiger partial charge in [-0.25, -0.2) is 4.98 Å². The molecule has 28 heavy (non-hydrogen) atoms. The zero-order chi connectivity index (χ0) is 19.7. The van der Waals surface area contributed by atoms with E-state index in [0.717, 1.165) is 36.8 Å². The zero-order valence-electron chi connectivity index (χ0n) is 15.7. The average molecular weight is 393 g/mol. The lowest BCUT2D eigenvalue weighted by atomic mass is 9.97. The SMILES string of the molecule is COc1cc(/C=C(\C#N)c2nc3sc4c(c3c(=O)[nH]2)CCCC4)cc(OC)c1. The van der Waals surface area contributed by atoms with Crippen molar-refractivity contribution in [2.45, 2.75) is 25.7 Å². The van der Waals surface area contributed by atoms with Gasteiger partial charge in [0.05, 0.1) is 25.2 Å². The standard InChI is InChI=1S/C21H19N3O3S/c1-26-14-8-12(9-15(10-14)27-2)7-13(11-22)19-23-20(25)18-16-5-3-4-6-17(16)28-21(18)24-19/h7-10H,3-6H2,1-2H3,(H,23,24,25)/b13-7+. The topological polar surface area (TPSA) is 88.0 Å². The number of fused-ring (bicyclic) bond motifs is 3. The van der Waals surface area contributed by atoms with E-state index in [9.17, 15) is 10.1 Å². The van der Waals surface area contributed by atoms with Gasteiger partial charge in [0.15, 0.2) is 5.82 Å². The van der Waals surface area contributed by atoms with Crippen LogP contribution in [0.4, 0.5) is 0 Å². The highest BCUT2D eigenvalue weighted by molar-refractivity contribution is 7.18. The van der Waals surface area contributed by atoms with Crippen molar-refractivity contribution in [2.24, 2.45) is 0 Å². The van der Waals surface area contributed by atoms with Crippen molar-refractivity contribution in [3.05, 3.63) is 50.4 Å². The summed E-state index contributed by atoms with van der Waals surface area (Å²) in [6, 6.07) is 7.49. The lowest BCUT2D eigenvalue weighted by molar-refractivity contribution is 0.394. The van der Waals surface area contributed by atoms with Crippen LogP contribution in [0.15, 0.2) is 23.0 Å². The Morgan fingerprint density at radius 1 is 1.21 bits per heavy atom. The van der Waals surface area contributed by atoms with Gasteiger partial charge in [0, 0.05) is 10.9 Å². The molecule has 0 aliphatic heterocycles. The van der Waals surface area contributed by atoms with Crippen LogP contribution >= 0.6 is 11.3 Å². The highest BCUT2D eigenvalue weighted by Crippen LogP contribution is 2.34. The summed E-state index contributed by atoms with van der Waals surface area (Å²) in [4.78, 5) is 22.1. The summed E-state index contributed by atoms with van der Waals surface area (Å²) in [7, 11) is 3.14. The van der Waals surface area contributed by atoms with Gasteiger partial charge in [0.2, 0.25) is 0 Å². The fraction of sp³-hybridized carbons (Fsp3) is 0.286. The van der Waals surface area contributed by atoms with Crippen molar-refractivity contribution in [2.75, 3.05) is 14.2 Å². The largest absolute Gasteiger partial charge is 0.497 e. The Labute approximate surface area is 166 Å². The average Bonchev–Trinajstić information content (AvgIpc) is 3.10. The Kier molecular flexibility index (Phi) is 4.88. The molecule has 2 aromatic heterocycles. The summed E-state index contributed by atoms with van der Waals surface area (Å²) in [6.07, 6.45) is 5.83. The van der Waals surface area contributed by atoms with E-state index in [1.807, 2.05) is 0 Å². The van der Waals surface area contributed by atoms with E-state index in [0.29, 0.717) is 21.7 Å². The fourth-order valence-electron chi connectivity index (χ4n) is 3.52. The summed E-state index contributed by atoms with van der Waals surface area (Å²) in [5.74, 6) is 1.51. The summed E-state index contributed by atoms with van der Waals surface area (Å²) in [5.41, 5.74) is 1.96. The maximum atomic E-state index is 12.7. The third kappa shape index (κ3) is 3.27. The van der Waals surface area contributed by atoms with Crippen LogP contribution < -0.4 is 15.0 Å². The van der Waals surface area contributed by atoms with Crippen molar-refractivity contribution >= 4 is 33.2 Å². The zero-order valence-corrected chi connectivity index (χ0v) is 16.5. The molecule has 1 N–H and O–H groups in total. The van der Waals surface area contributed by atoms with E-state index < -0.39 is 0 Å². The number of aromatic nitrogens is 2. The van der Waals surface area contributed by atoms with Gasteiger partial charge in [0.25, 0.3) is 5.56 Å². The second kappa shape index (κ2) is 7.49. The molecular weight excluding hydrogens is 374 g/mol. The summed E-state index contributed by atoms with van der Waals surface area (Å²) >= 11 is 1.57. The van der Waals surface area contributed by atoms with Gasteiger partial charge in [0.1, 0.15) is 22.4 Å². The number of H-pyrrole nitrogens is 1. The van der Waals surface area contributed by atoms with Crippen molar-refractivity contribution in [3.8, 4) is 17.6 Å². The quantitative estimate of drug-likeness (QED) is 0.678. The molecule has 0 bridgehead atoms. The van der Waals surface area contributed by atoms with Gasteiger partial charge < -0.3 is 14.5 Å². The Balaban J connectivity index is 1.83. The van der Waals surface area contributed by atoms with Crippen LogP contribution in [0.25, 0.3) is 21.9 Å². The third-order valence-electron chi connectivity index (χ3n) is 4.89. The van der Waals surface area contributed by atoms with Gasteiger partial charge >= 0.3 is 0 Å². The molecule has 1 aliphatic carbocycles. The molecule has 1 aliphatic rings. The first-order chi connectivity index (χ1) is 13.6. The van der Waals surface area contributed by atoms with E-state index in [2.05, 4.69) is 16.0 Å². The van der Waals surface area contributed by atoms with Crippen LogP contribution in [0.2, 0.25) is 0 Å². The second-order valence-electron chi connectivity index (χ2n) is 6.62. The van der Waals surface area contributed by atoms with E-state index >= 15 is 0 Å². The minimum Gasteiger partial charge on any atom is -0.497 e. The first kappa shape index (κ1) is 18.3. The van der Waals surface area contributed by atoms with Gasteiger partial charge in [-0.1, -0.05) is 0 Å². The molecule has 0 radical (unpaired) electrons. The molecule has 4 rings (SSSR count). The maximum absolute atomic E-state index is 12.7. The second-order valence-corrected chi connectivity index (χ2v) is 7.71. The molecule has 1 aromatic carbocycles. The molecule has 0 fully saturated rings. The Hall–Kier alpha value is -3.11. The van der Waals surface area contributed by atoms with Crippen molar-refractivity contribution in [3.63, 3.8) is 0 Å². The molecule has 7 heteroatoms. The molecular formula is C21H19N3O3S. The van der Waals surface area contributed by atoms with Crippen LogP contribution in [0.1, 0.15) is 34.7 Å². The highest BCUT2D eigenvalue weighted by atomic mass is 32.1. The molecule has 2 heterocycles. The van der Waals surface area contributed by atoms with Gasteiger partial charge in [-0.2, -0.15) is 5.26 Å². The van der Waals surface area contributed by atoms with Gasteiger partial charge in [-0.3, -0.25) is 4.79 Å². The molecule has 3 aromatic rings. The van der Waals surface area contributed by atoms with E-state index in [4.69, 9.17) is 9.47 Å². The molecule has 6 nitrogen and oxygen atoms in total. The number of thiophene rings is 1. The first-order valence-electron chi connectivity index (χ1n) is 9.02. The number of nitriles is 1. The maximum Gasteiger partial charge on any atom is 0.260 e. The summed E-state index contributed by atoms with van der Waals surface area (Å²) in [5, 5.41) is 10.4. The number of nitrogens with zero attached hydrogens (tertiary/aromatic N) is 2. The number of aryl methyl sites for hydroxylation is 2. The monoisotopic (exact) mass is 393 g/mol. The van der Waals surface area contributed by atoms with Crippen molar-refractivity contribution in [1.82, 2.24) is 9.97 Å². The Morgan fingerprint density at radius 3 is 2.61 bits per heavy atom.